The fourth-order valence-corrected chi connectivity index (χ4v) is 3.75. The standard InChI is InChI=1S/C18H26N2O3/c1-22-14-5-6-15(17(12-14)23-2)16-4-3-11-20(16)18(21)13-7-9-19-10-8-13/h5-6,12-13,16,19H,3-4,7-11H2,1-2H3. The van der Waals surface area contributed by atoms with E-state index in [1.165, 1.54) is 0 Å². The van der Waals surface area contributed by atoms with Crippen molar-refractivity contribution >= 4 is 5.91 Å². The average Bonchev–Trinajstić information content (AvgIpc) is 3.10. The van der Waals surface area contributed by atoms with Crippen molar-refractivity contribution in [3.8, 4) is 11.5 Å². The molecule has 0 aromatic heterocycles. The molecule has 2 fully saturated rings. The topological polar surface area (TPSA) is 50.8 Å². The van der Waals surface area contributed by atoms with Crippen molar-refractivity contribution in [2.24, 2.45) is 5.92 Å². The van der Waals surface area contributed by atoms with Gasteiger partial charge in [-0.2, -0.15) is 0 Å². The minimum absolute atomic E-state index is 0.123. The van der Waals surface area contributed by atoms with Crippen LogP contribution >= 0.6 is 0 Å². The van der Waals surface area contributed by atoms with Crippen LogP contribution in [0.1, 0.15) is 37.3 Å². The Balaban J connectivity index is 1.82. The molecule has 1 N–H and O–H groups in total. The minimum atomic E-state index is 0.123. The lowest BCUT2D eigenvalue weighted by Gasteiger charge is -2.31. The molecule has 3 rings (SSSR count). The first-order valence-corrected chi connectivity index (χ1v) is 8.47. The molecule has 2 heterocycles. The molecule has 5 nitrogen and oxygen atoms in total. The number of rotatable bonds is 4. The molecule has 2 saturated heterocycles. The van der Waals surface area contributed by atoms with Gasteiger partial charge in [0, 0.05) is 24.1 Å². The number of methoxy groups -OCH3 is 2. The van der Waals surface area contributed by atoms with E-state index in [4.69, 9.17) is 9.47 Å². The zero-order valence-corrected chi connectivity index (χ0v) is 14.0. The molecule has 1 amide bonds. The van der Waals surface area contributed by atoms with Crippen LogP contribution in [0.2, 0.25) is 0 Å². The Bertz CT molecular complexity index is 555. The first-order chi connectivity index (χ1) is 11.2. The summed E-state index contributed by atoms with van der Waals surface area (Å²) >= 11 is 0. The van der Waals surface area contributed by atoms with E-state index < -0.39 is 0 Å². The highest BCUT2D eigenvalue weighted by Crippen LogP contribution is 2.39. The van der Waals surface area contributed by atoms with Crippen molar-refractivity contribution < 1.29 is 14.3 Å². The predicted molar refractivity (Wildman–Crippen MR) is 88.8 cm³/mol. The number of nitrogens with zero attached hydrogens (tertiary/aromatic N) is 1. The third kappa shape index (κ3) is 3.29. The molecule has 2 aliphatic heterocycles. The second-order valence-electron chi connectivity index (χ2n) is 6.32. The average molecular weight is 318 g/mol. The normalized spacial score (nSPS) is 22.2. The Morgan fingerprint density at radius 2 is 1.96 bits per heavy atom. The van der Waals surface area contributed by atoms with Gasteiger partial charge in [-0.3, -0.25) is 4.79 Å². The molecule has 126 valence electrons. The largest absolute Gasteiger partial charge is 0.497 e. The van der Waals surface area contributed by atoms with Gasteiger partial charge in [0.05, 0.1) is 20.3 Å². The summed E-state index contributed by atoms with van der Waals surface area (Å²) in [6.07, 6.45) is 3.94. The van der Waals surface area contributed by atoms with Crippen molar-refractivity contribution in [3.05, 3.63) is 23.8 Å². The molecule has 23 heavy (non-hydrogen) atoms. The number of nitrogens with one attached hydrogen (secondary N) is 1. The summed E-state index contributed by atoms with van der Waals surface area (Å²) in [5, 5.41) is 3.33. The first kappa shape index (κ1) is 16.1. The van der Waals surface area contributed by atoms with Crippen molar-refractivity contribution in [1.82, 2.24) is 10.2 Å². The molecule has 0 spiro atoms. The fourth-order valence-electron chi connectivity index (χ4n) is 3.75. The molecular formula is C18H26N2O3. The molecule has 0 bridgehead atoms. The number of hydrogen-bond acceptors (Lipinski definition) is 4. The Kier molecular flexibility index (Phi) is 5.06. The Labute approximate surface area is 137 Å². The number of benzene rings is 1. The maximum absolute atomic E-state index is 12.9. The second-order valence-corrected chi connectivity index (χ2v) is 6.32. The quantitative estimate of drug-likeness (QED) is 0.926. The maximum Gasteiger partial charge on any atom is 0.226 e. The summed E-state index contributed by atoms with van der Waals surface area (Å²) in [7, 11) is 3.32. The Morgan fingerprint density at radius 1 is 1.17 bits per heavy atom. The van der Waals surface area contributed by atoms with E-state index in [-0.39, 0.29) is 12.0 Å². The molecule has 2 aliphatic rings. The lowest BCUT2D eigenvalue weighted by Crippen LogP contribution is -2.40. The van der Waals surface area contributed by atoms with Crippen LogP contribution in [0.3, 0.4) is 0 Å². The third-order valence-corrected chi connectivity index (χ3v) is 5.02. The molecule has 0 aliphatic carbocycles. The van der Waals surface area contributed by atoms with E-state index in [0.717, 1.165) is 62.4 Å². The summed E-state index contributed by atoms with van der Waals surface area (Å²) < 4.78 is 10.8. The van der Waals surface area contributed by atoms with Gasteiger partial charge in [-0.15, -0.1) is 0 Å². The van der Waals surface area contributed by atoms with Gasteiger partial charge in [0.25, 0.3) is 0 Å². The molecular weight excluding hydrogens is 292 g/mol. The number of carbonyl (C=O) groups is 1. The van der Waals surface area contributed by atoms with Crippen LogP contribution in [0.25, 0.3) is 0 Å². The van der Waals surface area contributed by atoms with E-state index in [2.05, 4.69) is 10.2 Å². The number of amides is 1. The van der Waals surface area contributed by atoms with Gasteiger partial charge in [0.2, 0.25) is 5.91 Å². The monoisotopic (exact) mass is 318 g/mol. The lowest BCUT2D eigenvalue weighted by atomic mass is 9.95. The number of ether oxygens (including phenoxy) is 2. The number of carbonyl (C=O) groups excluding carboxylic acids is 1. The van der Waals surface area contributed by atoms with Crippen LogP contribution in [0.4, 0.5) is 0 Å². The fraction of sp³-hybridized carbons (Fsp3) is 0.611. The van der Waals surface area contributed by atoms with Gasteiger partial charge in [0.15, 0.2) is 0 Å². The van der Waals surface area contributed by atoms with Crippen LogP contribution in [-0.4, -0.2) is 44.7 Å². The van der Waals surface area contributed by atoms with Gasteiger partial charge in [0.1, 0.15) is 11.5 Å². The number of piperidine rings is 1. The van der Waals surface area contributed by atoms with Crippen LogP contribution < -0.4 is 14.8 Å². The summed E-state index contributed by atoms with van der Waals surface area (Å²) in [5.41, 5.74) is 1.09. The van der Waals surface area contributed by atoms with E-state index >= 15 is 0 Å². The maximum atomic E-state index is 12.9. The predicted octanol–water partition coefficient (Wildman–Crippen LogP) is 2.37. The second kappa shape index (κ2) is 7.21. The molecule has 1 aromatic rings. The summed E-state index contributed by atoms with van der Waals surface area (Å²) in [5.74, 6) is 2.06. The van der Waals surface area contributed by atoms with E-state index in [0.29, 0.717) is 5.91 Å². The van der Waals surface area contributed by atoms with Crippen molar-refractivity contribution in [3.63, 3.8) is 0 Å². The summed E-state index contributed by atoms with van der Waals surface area (Å²) in [6, 6.07) is 6.01. The van der Waals surface area contributed by atoms with E-state index in [1.54, 1.807) is 14.2 Å². The third-order valence-electron chi connectivity index (χ3n) is 5.02. The van der Waals surface area contributed by atoms with E-state index in [9.17, 15) is 4.79 Å². The number of hydrogen-bond donors (Lipinski definition) is 1. The van der Waals surface area contributed by atoms with Gasteiger partial charge in [-0.25, -0.2) is 0 Å². The van der Waals surface area contributed by atoms with Crippen LogP contribution in [0, 0.1) is 5.92 Å². The van der Waals surface area contributed by atoms with Gasteiger partial charge in [-0.05, 0) is 50.9 Å². The summed E-state index contributed by atoms with van der Waals surface area (Å²) in [4.78, 5) is 15.0. The molecule has 5 heteroatoms. The van der Waals surface area contributed by atoms with Gasteiger partial charge >= 0.3 is 0 Å². The van der Waals surface area contributed by atoms with Crippen molar-refractivity contribution in [2.45, 2.75) is 31.7 Å². The molecule has 1 atom stereocenters. The first-order valence-electron chi connectivity index (χ1n) is 8.47. The molecule has 1 unspecified atom stereocenters. The molecule has 1 aromatic carbocycles. The van der Waals surface area contributed by atoms with E-state index in [1.807, 2.05) is 18.2 Å². The van der Waals surface area contributed by atoms with Crippen LogP contribution in [-0.2, 0) is 4.79 Å². The lowest BCUT2D eigenvalue weighted by molar-refractivity contribution is -0.137. The van der Waals surface area contributed by atoms with Gasteiger partial charge < -0.3 is 19.7 Å². The minimum Gasteiger partial charge on any atom is -0.497 e. The van der Waals surface area contributed by atoms with Crippen molar-refractivity contribution in [1.29, 1.82) is 0 Å². The smallest absolute Gasteiger partial charge is 0.226 e. The van der Waals surface area contributed by atoms with Crippen molar-refractivity contribution in [2.75, 3.05) is 33.9 Å². The molecule has 0 saturated carbocycles. The number of likely N-dealkylation sites (tertiary alicyclic amines) is 1. The SMILES string of the molecule is COc1ccc(C2CCCN2C(=O)C2CCNCC2)c(OC)c1. The highest BCUT2D eigenvalue weighted by molar-refractivity contribution is 5.80. The molecule has 0 radical (unpaired) electrons. The Morgan fingerprint density at radius 3 is 2.65 bits per heavy atom. The zero-order valence-electron chi connectivity index (χ0n) is 14.0. The van der Waals surface area contributed by atoms with Crippen LogP contribution in [0.5, 0.6) is 11.5 Å². The highest BCUT2D eigenvalue weighted by Gasteiger charge is 2.35. The summed E-state index contributed by atoms with van der Waals surface area (Å²) in [6.45, 7) is 2.74. The highest BCUT2D eigenvalue weighted by atomic mass is 16.5. The zero-order chi connectivity index (χ0) is 16.2. The van der Waals surface area contributed by atoms with Gasteiger partial charge in [-0.1, -0.05) is 0 Å². The Hall–Kier alpha value is -1.75. The van der Waals surface area contributed by atoms with Crippen LogP contribution in [0.15, 0.2) is 18.2 Å².